The SMILES string of the molecule is CC(C)Nc1nccn1-c1ccc(OC(F)F)cc1. The normalized spacial score (nSPS) is 11.1. The highest BCUT2D eigenvalue weighted by Gasteiger charge is 2.07. The molecule has 1 aromatic heterocycles. The minimum absolute atomic E-state index is 0.136. The van der Waals surface area contributed by atoms with Crippen molar-refractivity contribution in [2.24, 2.45) is 0 Å². The third kappa shape index (κ3) is 3.43. The molecule has 0 spiro atoms. The third-order valence-corrected chi connectivity index (χ3v) is 2.40. The molecule has 102 valence electrons. The Bertz CT molecular complexity index is 523. The number of nitrogens with zero attached hydrogens (tertiary/aromatic N) is 2. The number of anilines is 1. The van der Waals surface area contributed by atoms with Crippen molar-refractivity contribution in [3.63, 3.8) is 0 Å². The molecule has 0 amide bonds. The lowest BCUT2D eigenvalue weighted by molar-refractivity contribution is -0.0498. The number of hydrogen-bond donors (Lipinski definition) is 1. The van der Waals surface area contributed by atoms with Gasteiger partial charge in [0.15, 0.2) is 0 Å². The summed E-state index contributed by atoms with van der Waals surface area (Å²) in [7, 11) is 0. The fourth-order valence-corrected chi connectivity index (χ4v) is 1.66. The van der Waals surface area contributed by atoms with E-state index in [0.29, 0.717) is 5.95 Å². The number of imidazole rings is 1. The van der Waals surface area contributed by atoms with Crippen LogP contribution in [0.4, 0.5) is 14.7 Å². The molecular weight excluding hydrogens is 252 g/mol. The Balaban J connectivity index is 2.20. The standard InChI is InChI=1S/C13H15F2N3O/c1-9(2)17-13-16-7-8-18(13)10-3-5-11(6-4-10)19-12(14)15/h3-9,12H,1-2H3,(H,16,17). The molecule has 19 heavy (non-hydrogen) atoms. The lowest BCUT2D eigenvalue weighted by Gasteiger charge is -2.12. The van der Waals surface area contributed by atoms with Crippen LogP contribution in [-0.2, 0) is 0 Å². The minimum atomic E-state index is -2.81. The van der Waals surface area contributed by atoms with Crippen LogP contribution in [0.5, 0.6) is 5.75 Å². The van der Waals surface area contributed by atoms with Crippen LogP contribution in [-0.4, -0.2) is 22.2 Å². The van der Waals surface area contributed by atoms with E-state index >= 15 is 0 Å². The van der Waals surface area contributed by atoms with E-state index in [1.54, 1.807) is 24.5 Å². The zero-order valence-corrected chi connectivity index (χ0v) is 10.7. The molecule has 0 bridgehead atoms. The summed E-state index contributed by atoms with van der Waals surface area (Å²) in [6, 6.07) is 6.65. The molecule has 0 aliphatic heterocycles. The molecule has 6 heteroatoms. The molecule has 2 aromatic rings. The lowest BCUT2D eigenvalue weighted by Crippen LogP contribution is -2.13. The molecule has 1 heterocycles. The van der Waals surface area contributed by atoms with Gasteiger partial charge in [-0.05, 0) is 38.1 Å². The van der Waals surface area contributed by atoms with Gasteiger partial charge < -0.3 is 10.1 Å². The molecular formula is C13H15F2N3O. The molecule has 0 saturated heterocycles. The van der Waals surface area contributed by atoms with Crippen LogP contribution in [0.25, 0.3) is 5.69 Å². The number of hydrogen-bond acceptors (Lipinski definition) is 3. The summed E-state index contributed by atoms with van der Waals surface area (Å²) in [6.45, 7) is 1.22. The first kappa shape index (κ1) is 13.3. The monoisotopic (exact) mass is 267 g/mol. The van der Waals surface area contributed by atoms with Gasteiger partial charge in [-0.3, -0.25) is 4.57 Å². The van der Waals surface area contributed by atoms with E-state index in [9.17, 15) is 8.78 Å². The second-order valence-electron chi connectivity index (χ2n) is 4.29. The van der Waals surface area contributed by atoms with E-state index in [1.165, 1.54) is 12.1 Å². The van der Waals surface area contributed by atoms with Crippen molar-refractivity contribution in [1.29, 1.82) is 0 Å². The fourth-order valence-electron chi connectivity index (χ4n) is 1.66. The van der Waals surface area contributed by atoms with Crippen molar-refractivity contribution < 1.29 is 13.5 Å². The summed E-state index contributed by atoms with van der Waals surface area (Å²) in [5, 5.41) is 3.20. The van der Waals surface area contributed by atoms with Crippen LogP contribution >= 0.6 is 0 Å². The van der Waals surface area contributed by atoms with Gasteiger partial charge in [-0.2, -0.15) is 8.78 Å². The fraction of sp³-hybridized carbons (Fsp3) is 0.308. The molecule has 0 saturated carbocycles. The predicted octanol–water partition coefficient (Wildman–Crippen LogP) is 3.29. The van der Waals surface area contributed by atoms with Crippen LogP contribution in [0.1, 0.15) is 13.8 Å². The van der Waals surface area contributed by atoms with Crippen LogP contribution in [0.2, 0.25) is 0 Å². The maximum absolute atomic E-state index is 12.1. The predicted molar refractivity (Wildman–Crippen MR) is 69.0 cm³/mol. The molecule has 0 radical (unpaired) electrons. The maximum Gasteiger partial charge on any atom is 0.387 e. The average molecular weight is 267 g/mol. The Kier molecular flexibility index (Phi) is 3.99. The van der Waals surface area contributed by atoms with E-state index in [1.807, 2.05) is 18.4 Å². The Hall–Kier alpha value is -2.11. The van der Waals surface area contributed by atoms with E-state index in [0.717, 1.165) is 5.69 Å². The van der Waals surface area contributed by atoms with Crippen LogP contribution in [0, 0.1) is 0 Å². The molecule has 0 fully saturated rings. The van der Waals surface area contributed by atoms with Gasteiger partial charge >= 0.3 is 6.61 Å². The number of ether oxygens (including phenoxy) is 1. The van der Waals surface area contributed by atoms with Crippen molar-refractivity contribution in [2.75, 3.05) is 5.32 Å². The topological polar surface area (TPSA) is 39.1 Å². The first-order chi connectivity index (χ1) is 9.06. The second-order valence-corrected chi connectivity index (χ2v) is 4.29. The Morgan fingerprint density at radius 3 is 2.47 bits per heavy atom. The van der Waals surface area contributed by atoms with E-state index in [-0.39, 0.29) is 11.8 Å². The van der Waals surface area contributed by atoms with Gasteiger partial charge in [0.05, 0.1) is 0 Å². The smallest absolute Gasteiger partial charge is 0.387 e. The lowest BCUT2D eigenvalue weighted by atomic mass is 10.3. The summed E-state index contributed by atoms with van der Waals surface area (Å²) in [5.41, 5.74) is 0.822. The Morgan fingerprint density at radius 1 is 1.21 bits per heavy atom. The molecule has 1 aromatic carbocycles. The Morgan fingerprint density at radius 2 is 1.89 bits per heavy atom. The highest BCUT2D eigenvalue weighted by atomic mass is 19.3. The number of alkyl halides is 2. The van der Waals surface area contributed by atoms with Gasteiger partial charge in [-0.25, -0.2) is 4.98 Å². The minimum Gasteiger partial charge on any atom is -0.435 e. The second kappa shape index (κ2) is 5.69. The first-order valence-corrected chi connectivity index (χ1v) is 5.91. The van der Waals surface area contributed by atoms with Crippen molar-refractivity contribution in [3.05, 3.63) is 36.7 Å². The number of nitrogens with one attached hydrogen (secondary N) is 1. The summed E-state index contributed by atoms with van der Waals surface area (Å²) in [4.78, 5) is 4.20. The van der Waals surface area contributed by atoms with Crippen LogP contribution < -0.4 is 10.1 Å². The molecule has 2 rings (SSSR count). The number of rotatable bonds is 5. The summed E-state index contributed by atoms with van der Waals surface area (Å²) < 4.78 is 30.3. The first-order valence-electron chi connectivity index (χ1n) is 5.91. The number of halogens is 2. The average Bonchev–Trinajstić information content (AvgIpc) is 2.76. The molecule has 4 nitrogen and oxygen atoms in total. The Labute approximate surface area is 110 Å². The van der Waals surface area contributed by atoms with Gasteiger partial charge in [0.25, 0.3) is 0 Å². The zero-order valence-electron chi connectivity index (χ0n) is 10.7. The summed E-state index contributed by atoms with van der Waals surface area (Å²) in [5.74, 6) is 0.842. The molecule has 0 unspecified atom stereocenters. The molecule has 1 N–H and O–H groups in total. The number of aromatic nitrogens is 2. The van der Waals surface area contributed by atoms with E-state index in [2.05, 4.69) is 15.0 Å². The van der Waals surface area contributed by atoms with Crippen molar-refractivity contribution in [1.82, 2.24) is 9.55 Å². The van der Waals surface area contributed by atoms with Gasteiger partial charge in [0.1, 0.15) is 5.75 Å². The summed E-state index contributed by atoms with van der Waals surface area (Å²) >= 11 is 0. The van der Waals surface area contributed by atoms with Gasteiger partial charge in [0, 0.05) is 24.1 Å². The van der Waals surface area contributed by atoms with Crippen molar-refractivity contribution in [3.8, 4) is 11.4 Å². The highest BCUT2D eigenvalue weighted by Crippen LogP contribution is 2.20. The zero-order chi connectivity index (χ0) is 13.8. The summed E-state index contributed by atoms with van der Waals surface area (Å²) in [6.07, 6.45) is 3.47. The van der Waals surface area contributed by atoms with Crippen molar-refractivity contribution >= 4 is 5.95 Å². The largest absolute Gasteiger partial charge is 0.435 e. The van der Waals surface area contributed by atoms with Crippen LogP contribution in [0.3, 0.4) is 0 Å². The highest BCUT2D eigenvalue weighted by molar-refractivity contribution is 5.44. The van der Waals surface area contributed by atoms with Gasteiger partial charge in [0.2, 0.25) is 5.95 Å². The van der Waals surface area contributed by atoms with Gasteiger partial charge in [-0.15, -0.1) is 0 Å². The van der Waals surface area contributed by atoms with Crippen molar-refractivity contribution in [2.45, 2.75) is 26.5 Å². The van der Waals surface area contributed by atoms with E-state index < -0.39 is 6.61 Å². The maximum atomic E-state index is 12.1. The van der Waals surface area contributed by atoms with Gasteiger partial charge in [-0.1, -0.05) is 0 Å². The molecule has 0 aliphatic carbocycles. The van der Waals surface area contributed by atoms with E-state index in [4.69, 9.17) is 0 Å². The quantitative estimate of drug-likeness (QED) is 0.903. The molecule has 0 aliphatic rings. The van der Waals surface area contributed by atoms with Crippen LogP contribution in [0.15, 0.2) is 36.7 Å². The number of benzene rings is 1. The molecule has 0 atom stereocenters. The third-order valence-electron chi connectivity index (χ3n) is 2.40.